The topological polar surface area (TPSA) is 124 Å². The highest BCUT2D eigenvalue weighted by Gasteiger charge is 2.50. The van der Waals surface area contributed by atoms with Gasteiger partial charge in [0.05, 0.1) is 6.10 Å². The predicted octanol–water partition coefficient (Wildman–Crippen LogP) is 2.18. The molecule has 0 spiro atoms. The van der Waals surface area contributed by atoms with E-state index in [1.165, 1.54) is 18.9 Å². The van der Waals surface area contributed by atoms with Crippen molar-refractivity contribution in [2.24, 2.45) is 5.92 Å². The Hall–Kier alpha value is -1.89. The predicted molar refractivity (Wildman–Crippen MR) is 121 cm³/mol. The second-order valence-electron chi connectivity index (χ2n) is 8.54. The van der Waals surface area contributed by atoms with Gasteiger partial charge in [-0.25, -0.2) is 8.78 Å². The van der Waals surface area contributed by atoms with Gasteiger partial charge in [-0.2, -0.15) is 0 Å². The second kappa shape index (κ2) is 16.0. The van der Waals surface area contributed by atoms with Crippen LogP contribution < -0.4 is 5.32 Å². The van der Waals surface area contributed by atoms with Gasteiger partial charge in [-0.15, -0.1) is 0 Å². The first-order valence-corrected chi connectivity index (χ1v) is 12.1. The molecule has 1 amide bonds. The number of alkyl halides is 2. The Balaban J connectivity index is 3.20. The summed E-state index contributed by atoms with van der Waals surface area (Å²) < 4.78 is 48.9. The van der Waals surface area contributed by atoms with Crippen molar-refractivity contribution in [1.82, 2.24) is 10.2 Å². The average Bonchev–Trinajstić information content (AvgIpc) is 3.16. The van der Waals surface area contributed by atoms with E-state index in [-0.39, 0.29) is 25.8 Å². The number of aliphatic hydroxyl groups excluding tert-OH is 1. The number of rotatable bonds is 16. The number of nitrogens with zero attached hydrogens (tertiary/aromatic N) is 1. The fourth-order valence-corrected chi connectivity index (χ4v) is 3.96. The fraction of sp³-hybridized carbons (Fsp3) is 0.870. The first kappa shape index (κ1) is 31.1. The van der Waals surface area contributed by atoms with Crippen molar-refractivity contribution in [3.63, 3.8) is 0 Å². The Morgan fingerprint density at radius 1 is 1.06 bits per heavy atom. The SMILES string of the molecule is CCCC(F)OC(=O)[C@H]1C[C@@H](CO)[C@H](C(=O)OC(F)CCC)N1CC(CC)OC(NC(C)=O)OC. The van der Waals surface area contributed by atoms with Crippen molar-refractivity contribution in [1.29, 1.82) is 0 Å². The number of ether oxygens (including phenoxy) is 4. The van der Waals surface area contributed by atoms with Gasteiger partial charge in [-0.1, -0.05) is 20.8 Å². The molecule has 2 N–H and O–H groups in total. The van der Waals surface area contributed by atoms with Gasteiger partial charge in [0.2, 0.25) is 25.0 Å². The van der Waals surface area contributed by atoms with Crippen LogP contribution in [0.1, 0.15) is 66.2 Å². The summed E-state index contributed by atoms with van der Waals surface area (Å²) in [5.41, 5.74) is 0. The number of methoxy groups -OCH3 is 1. The lowest BCUT2D eigenvalue weighted by molar-refractivity contribution is -0.187. The van der Waals surface area contributed by atoms with Crippen molar-refractivity contribution in [3.8, 4) is 0 Å². The van der Waals surface area contributed by atoms with Crippen LogP contribution >= 0.6 is 0 Å². The number of hydrogen-bond donors (Lipinski definition) is 2. The van der Waals surface area contributed by atoms with Crippen LogP contribution in [0.15, 0.2) is 0 Å². The number of hydrogen-bond acceptors (Lipinski definition) is 9. The van der Waals surface area contributed by atoms with Crippen LogP contribution in [0.4, 0.5) is 8.78 Å². The van der Waals surface area contributed by atoms with Crippen molar-refractivity contribution >= 4 is 17.8 Å². The highest BCUT2D eigenvalue weighted by molar-refractivity contribution is 5.82. The van der Waals surface area contributed by atoms with E-state index in [2.05, 4.69) is 5.32 Å². The van der Waals surface area contributed by atoms with E-state index >= 15 is 0 Å². The lowest BCUT2D eigenvalue weighted by Crippen LogP contribution is -2.52. The molecule has 1 rings (SSSR count). The largest absolute Gasteiger partial charge is 0.430 e. The summed E-state index contributed by atoms with van der Waals surface area (Å²) in [6, 6.07) is -2.28. The molecule has 0 aromatic rings. The van der Waals surface area contributed by atoms with Crippen molar-refractivity contribution in [2.75, 3.05) is 20.3 Å². The summed E-state index contributed by atoms with van der Waals surface area (Å²) in [5.74, 6) is -3.01. The van der Waals surface area contributed by atoms with E-state index in [0.29, 0.717) is 19.3 Å². The van der Waals surface area contributed by atoms with E-state index < -0.39 is 67.7 Å². The Labute approximate surface area is 205 Å². The minimum absolute atomic E-state index is 0.00119. The Morgan fingerprint density at radius 3 is 2.09 bits per heavy atom. The van der Waals surface area contributed by atoms with E-state index in [9.17, 15) is 28.3 Å². The molecule has 0 saturated carbocycles. The molecule has 12 heteroatoms. The third-order valence-corrected chi connectivity index (χ3v) is 5.72. The van der Waals surface area contributed by atoms with Crippen molar-refractivity contribution < 1.29 is 47.2 Å². The maximum absolute atomic E-state index is 14.1. The minimum atomic E-state index is -1.84. The molecule has 35 heavy (non-hydrogen) atoms. The number of halogens is 2. The van der Waals surface area contributed by atoms with Gasteiger partial charge in [0.1, 0.15) is 12.1 Å². The summed E-state index contributed by atoms with van der Waals surface area (Å²) in [7, 11) is 1.33. The minimum Gasteiger partial charge on any atom is -0.430 e. The third kappa shape index (κ3) is 9.94. The lowest BCUT2D eigenvalue weighted by atomic mass is 10.00. The Kier molecular flexibility index (Phi) is 14.2. The molecule has 1 aliphatic rings. The third-order valence-electron chi connectivity index (χ3n) is 5.72. The zero-order chi connectivity index (χ0) is 26.5. The van der Waals surface area contributed by atoms with Crippen molar-refractivity contribution in [2.45, 2.75) is 104 Å². The zero-order valence-corrected chi connectivity index (χ0v) is 21.2. The molecule has 0 bridgehead atoms. The van der Waals surface area contributed by atoms with E-state index in [0.717, 1.165) is 0 Å². The maximum Gasteiger partial charge on any atom is 0.326 e. The first-order valence-electron chi connectivity index (χ1n) is 12.1. The molecular formula is C23H40F2N2O8. The Bertz CT molecular complexity index is 671. The van der Waals surface area contributed by atoms with E-state index in [4.69, 9.17) is 18.9 Å². The van der Waals surface area contributed by atoms with Gasteiger partial charge >= 0.3 is 11.9 Å². The quantitative estimate of drug-likeness (QED) is 0.237. The van der Waals surface area contributed by atoms with Crippen LogP contribution in [0.3, 0.4) is 0 Å². The molecular weight excluding hydrogens is 470 g/mol. The van der Waals surface area contributed by atoms with Crippen LogP contribution in [0.25, 0.3) is 0 Å². The molecule has 0 aliphatic carbocycles. The molecule has 7 atom stereocenters. The molecule has 0 aromatic heterocycles. The standard InChI is InChI=1S/C23H40F2N2O8/c1-6-9-18(24)34-21(30)17-11-15(13-28)20(22(31)35-19(25)10-7-2)27(17)12-16(8-3)33-23(32-5)26-14(4)29/h15-20,23,28H,6-13H2,1-5H3,(H,26,29)/t15-,16?,17+,18?,19?,20+,23?/m0/s1. The van der Waals surface area contributed by atoms with Crippen LogP contribution in [-0.4, -0.2) is 85.4 Å². The van der Waals surface area contributed by atoms with Gasteiger partial charge < -0.3 is 29.4 Å². The second-order valence-corrected chi connectivity index (χ2v) is 8.54. The number of likely N-dealkylation sites (tertiary alicyclic amines) is 1. The molecule has 1 heterocycles. The molecule has 1 fully saturated rings. The molecule has 1 saturated heterocycles. The normalized spacial score (nSPS) is 23.8. The van der Waals surface area contributed by atoms with Gasteiger partial charge in [0, 0.05) is 45.9 Å². The van der Waals surface area contributed by atoms with Gasteiger partial charge in [-0.3, -0.25) is 19.3 Å². The van der Waals surface area contributed by atoms with E-state index in [1.807, 2.05) is 0 Å². The highest BCUT2D eigenvalue weighted by atomic mass is 19.1. The van der Waals surface area contributed by atoms with Crippen LogP contribution in [0.2, 0.25) is 0 Å². The van der Waals surface area contributed by atoms with Gasteiger partial charge in [0.15, 0.2) is 0 Å². The van der Waals surface area contributed by atoms with Crippen LogP contribution in [0.5, 0.6) is 0 Å². The molecule has 10 nitrogen and oxygen atoms in total. The molecule has 1 aliphatic heterocycles. The zero-order valence-electron chi connectivity index (χ0n) is 21.2. The van der Waals surface area contributed by atoms with Gasteiger partial charge in [0.25, 0.3) is 0 Å². The maximum atomic E-state index is 14.1. The lowest BCUT2D eigenvalue weighted by Gasteiger charge is -2.33. The highest BCUT2D eigenvalue weighted by Crippen LogP contribution is 2.33. The first-order chi connectivity index (χ1) is 16.6. The summed E-state index contributed by atoms with van der Waals surface area (Å²) in [6.07, 6.45) is -4.13. The molecule has 204 valence electrons. The number of esters is 2. The number of carbonyl (C=O) groups excluding carboxylic acids is 3. The molecule has 0 aromatic carbocycles. The summed E-state index contributed by atoms with van der Waals surface area (Å²) in [4.78, 5) is 38.6. The van der Waals surface area contributed by atoms with Crippen LogP contribution in [0, 0.1) is 5.92 Å². The smallest absolute Gasteiger partial charge is 0.326 e. The summed E-state index contributed by atoms with van der Waals surface area (Å²) in [5, 5.41) is 12.4. The van der Waals surface area contributed by atoms with Crippen molar-refractivity contribution in [3.05, 3.63) is 0 Å². The average molecular weight is 511 g/mol. The number of aliphatic hydroxyl groups is 1. The molecule has 0 radical (unpaired) electrons. The van der Waals surface area contributed by atoms with Gasteiger partial charge in [-0.05, 0) is 25.7 Å². The number of amides is 1. The summed E-state index contributed by atoms with van der Waals surface area (Å²) >= 11 is 0. The Morgan fingerprint density at radius 2 is 1.63 bits per heavy atom. The fourth-order valence-electron chi connectivity index (χ4n) is 3.96. The van der Waals surface area contributed by atoms with E-state index in [1.54, 1.807) is 20.8 Å². The molecule has 4 unspecified atom stereocenters. The number of nitrogens with one attached hydrogen (secondary N) is 1. The summed E-state index contributed by atoms with van der Waals surface area (Å²) in [6.45, 7) is 6.00. The monoisotopic (exact) mass is 510 g/mol. The number of carbonyl (C=O) groups is 3. The van der Waals surface area contributed by atoms with Crippen LogP contribution in [-0.2, 0) is 33.3 Å².